The van der Waals surface area contributed by atoms with Gasteiger partial charge < -0.3 is 34.7 Å². The monoisotopic (exact) mass is 1330 g/mol. The van der Waals surface area contributed by atoms with Crippen LogP contribution in [0.5, 0.6) is 17.2 Å². The van der Waals surface area contributed by atoms with E-state index in [2.05, 4.69) is 60.7 Å². The van der Waals surface area contributed by atoms with Crippen LogP contribution >= 0.6 is 0 Å². The molecule has 1 aliphatic rings. The van der Waals surface area contributed by atoms with Gasteiger partial charge in [-0.05, 0) is 130 Å². The van der Waals surface area contributed by atoms with Crippen molar-refractivity contribution >= 4 is 34.8 Å². The summed E-state index contributed by atoms with van der Waals surface area (Å²) in [6.45, 7) is 21.3. The van der Waals surface area contributed by atoms with Gasteiger partial charge in [0.05, 0.1) is 30.9 Å². The predicted octanol–water partition coefficient (Wildman–Crippen LogP) is 23.7. The number of aromatic nitrogens is 1. The van der Waals surface area contributed by atoms with Gasteiger partial charge in [0.2, 0.25) is 5.75 Å². The molecule has 0 atom stereocenters. The Hall–Kier alpha value is -6.63. The first-order chi connectivity index (χ1) is 47.1. The van der Waals surface area contributed by atoms with Gasteiger partial charge in [0.25, 0.3) is 23.4 Å². The zero-order valence-corrected chi connectivity index (χ0v) is 61.9. The summed E-state index contributed by atoms with van der Waals surface area (Å²) >= 11 is 0. The number of nitrogens with one attached hydrogen (secondary N) is 3. The third-order valence-corrected chi connectivity index (χ3v) is 20.4. The topological polar surface area (TPSA) is 165 Å². The van der Waals surface area contributed by atoms with Crippen LogP contribution in [0.3, 0.4) is 0 Å². The van der Waals surface area contributed by atoms with Crippen LogP contribution in [0.1, 0.15) is 340 Å². The van der Waals surface area contributed by atoms with Crippen LogP contribution in [-0.4, -0.2) is 65.4 Å². The molecule has 1 aromatic heterocycles. The van der Waals surface area contributed by atoms with E-state index in [0.717, 1.165) is 88.7 Å². The summed E-state index contributed by atoms with van der Waals surface area (Å²) < 4.78 is 20.4. The lowest BCUT2D eigenvalue weighted by Gasteiger charge is -2.44. The maximum Gasteiger partial charge on any atom is 0.287 e. The fourth-order valence-corrected chi connectivity index (χ4v) is 14.5. The number of aryl methyl sites for hydroxylation is 6. The minimum absolute atomic E-state index is 0.0848. The first-order valence-electron chi connectivity index (χ1n) is 38.7. The van der Waals surface area contributed by atoms with E-state index in [9.17, 15) is 19.7 Å². The molecule has 1 saturated heterocycles. The number of aromatic amines is 1. The molecule has 2 heterocycles. The smallest absolute Gasteiger partial charge is 0.287 e. The highest BCUT2D eigenvalue weighted by Gasteiger charge is 2.41. The van der Waals surface area contributed by atoms with Crippen molar-refractivity contribution in [3.05, 3.63) is 138 Å². The highest BCUT2D eigenvalue weighted by Crippen LogP contribution is 2.47. The maximum atomic E-state index is 15.4. The molecule has 0 saturated carbocycles. The van der Waals surface area contributed by atoms with Crippen molar-refractivity contribution in [3.63, 3.8) is 0 Å². The van der Waals surface area contributed by atoms with Gasteiger partial charge in [0.15, 0.2) is 11.5 Å². The molecule has 0 bridgehead atoms. The van der Waals surface area contributed by atoms with E-state index >= 15 is 4.79 Å². The molecule has 3 N–H and O–H groups in total. The van der Waals surface area contributed by atoms with Crippen LogP contribution in [0.4, 0.5) is 17.1 Å². The lowest BCUT2D eigenvalue weighted by Crippen LogP contribution is -2.46. The van der Waals surface area contributed by atoms with Gasteiger partial charge in [0.1, 0.15) is 5.69 Å². The van der Waals surface area contributed by atoms with Gasteiger partial charge in [-0.25, -0.2) is 0 Å². The second-order valence-corrected chi connectivity index (χ2v) is 28.6. The van der Waals surface area contributed by atoms with E-state index in [1.165, 1.54) is 205 Å². The van der Waals surface area contributed by atoms with E-state index in [0.29, 0.717) is 79.8 Å². The van der Waals surface area contributed by atoms with Crippen molar-refractivity contribution in [1.82, 2.24) is 9.88 Å². The molecule has 0 radical (unpaired) electrons. The Labute approximate surface area is 586 Å². The summed E-state index contributed by atoms with van der Waals surface area (Å²) in [5.41, 5.74) is 9.37. The molecule has 4 aromatic carbocycles. The van der Waals surface area contributed by atoms with Gasteiger partial charge in [0, 0.05) is 47.1 Å². The minimum atomic E-state index is -0.587. The molecule has 13 nitrogen and oxygen atoms in total. The molecular weight excluding hydrogens is 1210 g/mol. The molecule has 3 amide bonds. The molecule has 13 heteroatoms. The third kappa shape index (κ3) is 26.2. The van der Waals surface area contributed by atoms with E-state index in [4.69, 9.17) is 14.2 Å². The number of H-pyrrole nitrogens is 1. The quantitative estimate of drug-likeness (QED) is 0.0197. The molecule has 0 spiro atoms. The second-order valence-electron chi connectivity index (χ2n) is 28.6. The first-order valence-corrected chi connectivity index (χ1v) is 38.7. The maximum absolute atomic E-state index is 15.4. The summed E-state index contributed by atoms with van der Waals surface area (Å²) in [4.78, 5) is 58.8. The van der Waals surface area contributed by atoms with Gasteiger partial charge in [-0.3, -0.25) is 24.5 Å². The van der Waals surface area contributed by atoms with E-state index in [-0.39, 0.29) is 23.2 Å². The SMILES string of the molecule is CCCCCCCCCCCCCCOc1cc(C(=O)N2CCC(c3cc(C)c(NC(=O)c4cc([N+](=O)[O-])c[nH]4)c(C)c3)(c3cc(C)c(NC(=O)c4c(C)cccc4C)c(C)c3)CC2)cc(OCCCCCCCCCCCCCC)c1OCCCCCCCCCCCCCC. The summed E-state index contributed by atoms with van der Waals surface area (Å²) in [7, 11) is 0. The largest absolute Gasteiger partial charge is 0.490 e. The summed E-state index contributed by atoms with van der Waals surface area (Å²) in [6, 6.07) is 19.6. The van der Waals surface area contributed by atoms with Gasteiger partial charge in [-0.15, -0.1) is 0 Å². The number of rotatable bonds is 50. The summed E-state index contributed by atoms with van der Waals surface area (Å²) in [5, 5.41) is 17.8. The number of likely N-dealkylation sites (tertiary alicyclic amines) is 1. The fraction of sp³-hybridized carbons (Fsp3) is 0.631. The number of benzene rings is 4. The minimum Gasteiger partial charge on any atom is -0.490 e. The fourth-order valence-electron chi connectivity index (χ4n) is 14.5. The number of nitro groups is 1. The van der Waals surface area contributed by atoms with Crippen LogP contribution in [0.15, 0.2) is 66.9 Å². The molecule has 1 fully saturated rings. The number of amides is 3. The molecule has 536 valence electrons. The lowest BCUT2D eigenvalue weighted by atomic mass is 9.66. The number of carbonyl (C=O) groups excluding carboxylic acids is 3. The second kappa shape index (κ2) is 44.4. The highest BCUT2D eigenvalue weighted by molar-refractivity contribution is 6.07. The van der Waals surface area contributed by atoms with Crippen LogP contribution in [0.25, 0.3) is 0 Å². The van der Waals surface area contributed by atoms with Crippen molar-refractivity contribution in [3.8, 4) is 17.2 Å². The zero-order valence-electron chi connectivity index (χ0n) is 61.9. The molecule has 97 heavy (non-hydrogen) atoms. The van der Waals surface area contributed by atoms with E-state index < -0.39 is 16.2 Å². The Bertz CT molecular complexity index is 3040. The average molecular weight is 1330 g/mol. The number of ether oxygens (including phenoxy) is 3. The summed E-state index contributed by atoms with van der Waals surface area (Å²) in [6.07, 6.45) is 47.7. The Kier molecular flexibility index (Phi) is 36.3. The van der Waals surface area contributed by atoms with Crippen molar-refractivity contribution < 1.29 is 33.5 Å². The van der Waals surface area contributed by atoms with Crippen molar-refractivity contribution in [2.75, 3.05) is 43.5 Å². The number of anilines is 2. The van der Waals surface area contributed by atoms with Crippen molar-refractivity contribution in [2.45, 2.75) is 312 Å². The Morgan fingerprint density at radius 3 is 1.15 bits per heavy atom. The van der Waals surface area contributed by atoms with Crippen molar-refractivity contribution in [1.29, 1.82) is 0 Å². The Morgan fingerprint density at radius 1 is 0.464 bits per heavy atom. The van der Waals surface area contributed by atoms with Crippen LogP contribution in [0, 0.1) is 51.7 Å². The predicted molar refractivity (Wildman–Crippen MR) is 403 cm³/mol. The molecule has 1 aliphatic heterocycles. The molecule has 5 aromatic rings. The summed E-state index contributed by atoms with van der Waals surface area (Å²) in [5.74, 6) is 1.05. The van der Waals surface area contributed by atoms with Gasteiger partial charge in [-0.2, -0.15) is 0 Å². The lowest BCUT2D eigenvalue weighted by molar-refractivity contribution is -0.384. The number of unbranched alkanes of at least 4 members (excludes halogenated alkanes) is 33. The van der Waals surface area contributed by atoms with Crippen LogP contribution < -0.4 is 24.8 Å². The number of nitrogens with zero attached hydrogens (tertiary/aromatic N) is 2. The van der Waals surface area contributed by atoms with Crippen LogP contribution in [0.2, 0.25) is 0 Å². The van der Waals surface area contributed by atoms with Gasteiger partial charge >= 0.3 is 0 Å². The normalized spacial score (nSPS) is 12.9. The van der Waals surface area contributed by atoms with E-state index in [1.807, 2.05) is 76.8 Å². The molecular formula is C84H127N5O8. The number of hydrogen-bond donors (Lipinski definition) is 3. The highest BCUT2D eigenvalue weighted by atomic mass is 16.6. The Morgan fingerprint density at radius 2 is 0.804 bits per heavy atom. The third-order valence-electron chi connectivity index (χ3n) is 20.4. The van der Waals surface area contributed by atoms with Crippen LogP contribution in [-0.2, 0) is 5.41 Å². The molecule has 0 aliphatic carbocycles. The molecule has 6 rings (SSSR count). The number of carbonyl (C=O) groups is 3. The number of hydrogen-bond acceptors (Lipinski definition) is 8. The average Bonchev–Trinajstić information content (AvgIpc) is 0.832. The van der Waals surface area contributed by atoms with E-state index in [1.54, 1.807) is 0 Å². The Balaban J connectivity index is 1.26. The zero-order chi connectivity index (χ0) is 69.6. The first kappa shape index (κ1) is 79.4. The van der Waals surface area contributed by atoms with Gasteiger partial charge in [-0.1, -0.05) is 275 Å². The molecule has 0 unspecified atom stereocenters. The van der Waals surface area contributed by atoms with Crippen molar-refractivity contribution in [2.24, 2.45) is 0 Å². The number of piperidine rings is 1. The standard InChI is InChI=1S/C84H127N5O8/c1-10-13-16-19-22-25-28-31-34-37-40-43-53-95-75-60-70(61-76(96-54-44-41-38-35-32-29-26-23-20-17-14-11-2)80(75)97-55-45-42-39-36-33-30-27-24-21-18-15-12-3)83(92)88-51-49-84(50-52-88,71-56-66(6)78(67(7)57-71)86-81(90)74-62-73(63-85-74)89(93)94)72-58-68(8)79(69(9)59-72)87-82(91)77-64(4)47-46-48-65(77)5/h46-48,56-63,85H,10-45,49-55H2,1-9H3,(H,86,90)(H,87,91).